The molecule has 128 valence electrons. The Morgan fingerprint density at radius 3 is 2.64 bits per heavy atom. The molecule has 0 spiro atoms. The maximum atomic E-state index is 11.6. The van der Waals surface area contributed by atoms with Crippen LogP contribution in [0.5, 0.6) is 0 Å². The Kier molecular flexibility index (Phi) is 4.89. The number of nitrogens with one attached hydrogen (secondary N) is 2. The van der Waals surface area contributed by atoms with Gasteiger partial charge in [0.25, 0.3) is 0 Å². The SMILES string of the molecule is CCOC(=O)c1ccc(Nc2nccc(Nc3cc(C)on3)n2)cc1. The van der Waals surface area contributed by atoms with Crippen molar-refractivity contribution < 1.29 is 14.1 Å². The normalized spacial score (nSPS) is 10.3. The van der Waals surface area contributed by atoms with Crippen molar-refractivity contribution in [2.45, 2.75) is 13.8 Å². The minimum absolute atomic E-state index is 0.345. The van der Waals surface area contributed by atoms with Gasteiger partial charge < -0.3 is 19.9 Å². The lowest BCUT2D eigenvalue weighted by atomic mass is 10.2. The molecule has 2 aromatic heterocycles. The lowest BCUT2D eigenvalue weighted by molar-refractivity contribution is 0.0526. The van der Waals surface area contributed by atoms with Crippen molar-refractivity contribution in [3.63, 3.8) is 0 Å². The Morgan fingerprint density at radius 1 is 1.16 bits per heavy atom. The summed E-state index contributed by atoms with van der Waals surface area (Å²) in [5, 5.41) is 9.96. The van der Waals surface area contributed by atoms with E-state index >= 15 is 0 Å². The molecule has 2 heterocycles. The van der Waals surface area contributed by atoms with E-state index in [4.69, 9.17) is 9.26 Å². The first-order valence-corrected chi connectivity index (χ1v) is 7.71. The van der Waals surface area contributed by atoms with E-state index in [0.717, 1.165) is 5.69 Å². The Bertz CT molecular complexity index is 861. The predicted molar refractivity (Wildman–Crippen MR) is 92.2 cm³/mol. The molecule has 0 radical (unpaired) electrons. The number of rotatable bonds is 6. The van der Waals surface area contributed by atoms with E-state index in [1.165, 1.54) is 0 Å². The molecule has 8 heteroatoms. The maximum Gasteiger partial charge on any atom is 0.338 e. The van der Waals surface area contributed by atoms with E-state index < -0.39 is 0 Å². The number of carbonyl (C=O) groups excluding carboxylic acids is 1. The molecule has 0 unspecified atom stereocenters. The van der Waals surface area contributed by atoms with Crippen LogP contribution in [0, 0.1) is 6.92 Å². The van der Waals surface area contributed by atoms with Gasteiger partial charge in [-0.2, -0.15) is 4.98 Å². The van der Waals surface area contributed by atoms with Gasteiger partial charge in [0.15, 0.2) is 5.82 Å². The highest BCUT2D eigenvalue weighted by atomic mass is 16.5. The second-order valence-electron chi connectivity index (χ2n) is 5.14. The Morgan fingerprint density at radius 2 is 1.96 bits per heavy atom. The molecule has 3 rings (SSSR count). The molecule has 0 aliphatic carbocycles. The molecule has 25 heavy (non-hydrogen) atoms. The second kappa shape index (κ2) is 7.43. The Hall–Kier alpha value is -3.42. The molecule has 8 nitrogen and oxygen atoms in total. The molecule has 2 N–H and O–H groups in total. The number of benzene rings is 1. The third-order valence-corrected chi connectivity index (χ3v) is 3.19. The zero-order valence-electron chi connectivity index (χ0n) is 13.8. The fraction of sp³-hybridized carbons (Fsp3) is 0.176. The molecule has 0 aliphatic rings. The van der Waals surface area contributed by atoms with Crippen molar-refractivity contribution in [1.82, 2.24) is 15.1 Å². The van der Waals surface area contributed by atoms with Crippen molar-refractivity contribution in [1.29, 1.82) is 0 Å². The van der Waals surface area contributed by atoms with E-state index in [2.05, 4.69) is 25.8 Å². The average molecular weight is 339 g/mol. The summed E-state index contributed by atoms with van der Waals surface area (Å²) in [6.07, 6.45) is 1.62. The van der Waals surface area contributed by atoms with Gasteiger partial charge >= 0.3 is 5.97 Å². The number of carbonyl (C=O) groups is 1. The Labute approximate surface area is 144 Å². The second-order valence-corrected chi connectivity index (χ2v) is 5.14. The third kappa shape index (κ3) is 4.31. The van der Waals surface area contributed by atoms with Crippen LogP contribution in [-0.4, -0.2) is 27.7 Å². The molecule has 0 atom stereocenters. The standard InChI is InChI=1S/C17H17N5O3/c1-3-24-16(23)12-4-6-13(7-5-12)19-17-18-9-8-14(21-17)20-15-10-11(2)25-22-15/h4-10H,3H2,1-2H3,(H2,18,19,20,21,22). The van der Waals surface area contributed by atoms with Crippen LogP contribution in [-0.2, 0) is 4.74 Å². The summed E-state index contributed by atoms with van der Waals surface area (Å²) in [4.78, 5) is 20.2. The summed E-state index contributed by atoms with van der Waals surface area (Å²) in [5.74, 6) is 1.92. The highest BCUT2D eigenvalue weighted by Gasteiger charge is 2.07. The summed E-state index contributed by atoms with van der Waals surface area (Å²) in [5.41, 5.74) is 1.24. The van der Waals surface area contributed by atoms with E-state index in [0.29, 0.717) is 35.5 Å². The van der Waals surface area contributed by atoms with Crippen LogP contribution in [0.2, 0.25) is 0 Å². The minimum Gasteiger partial charge on any atom is -0.462 e. The summed E-state index contributed by atoms with van der Waals surface area (Å²) >= 11 is 0. The first-order chi connectivity index (χ1) is 12.1. The number of esters is 1. The minimum atomic E-state index is -0.348. The van der Waals surface area contributed by atoms with Crippen LogP contribution in [0.3, 0.4) is 0 Å². The zero-order chi connectivity index (χ0) is 17.6. The van der Waals surface area contributed by atoms with E-state index in [1.807, 2.05) is 6.92 Å². The van der Waals surface area contributed by atoms with E-state index in [1.54, 1.807) is 49.5 Å². The first-order valence-electron chi connectivity index (χ1n) is 7.71. The number of anilines is 4. The average Bonchev–Trinajstić information content (AvgIpc) is 3.01. The van der Waals surface area contributed by atoms with E-state index in [-0.39, 0.29) is 5.97 Å². The number of hydrogen-bond acceptors (Lipinski definition) is 8. The zero-order valence-corrected chi connectivity index (χ0v) is 13.8. The van der Waals surface area contributed by atoms with Gasteiger partial charge in [0.1, 0.15) is 11.6 Å². The number of aryl methyl sites for hydroxylation is 1. The van der Waals surface area contributed by atoms with Crippen molar-refractivity contribution in [2.24, 2.45) is 0 Å². The Balaban J connectivity index is 1.68. The molecule has 0 amide bonds. The van der Waals surface area contributed by atoms with Gasteiger partial charge in [-0.15, -0.1) is 0 Å². The predicted octanol–water partition coefficient (Wildman–Crippen LogP) is 3.44. The molecule has 0 saturated heterocycles. The van der Waals surface area contributed by atoms with Gasteiger partial charge in [0, 0.05) is 18.0 Å². The van der Waals surface area contributed by atoms with Crippen LogP contribution < -0.4 is 10.6 Å². The topological polar surface area (TPSA) is 102 Å². The molecular weight excluding hydrogens is 322 g/mol. The fourth-order valence-corrected chi connectivity index (χ4v) is 2.08. The lowest BCUT2D eigenvalue weighted by Crippen LogP contribution is -2.05. The monoisotopic (exact) mass is 339 g/mol. The third-order valence-electron chi connectivity index (χ3n) is 3.19. The molecule has 3 aromatic rings. The molecule has 0 fully saturated rings. The maximum absolute atomic E-state index is 11.6. The summed E-state index contributed by atoms with van der Waals surface area (Å²) in [6, 6.07) is 10.4. The molecule has 0 bridgehead atoms. The molecule has 0 aliphatic heterocycles. The van der Waals surface area contributed by atoms with Crippen LogP contribution >= 0.6 is 0 Å². The highest BCUT2D eigenvalue weighted by molar-refractivity contribution is 5.89. The number of nitrogens with zero attached hydrogens (tertiary/aromatic N) is 3. The molecular formula is C17H17N5O3. The van der Waals surface area contributed by atoms with Crippen molar-refractivity contribution in [2.75, 3.05) is 17.2 Å². The van der Waals surface area contributed by atoms with E-state index in [9.17, 15) is 4.79 Å². The number of hydrogen-bond donors (Lipinski definition) is 2. The first kappa shape index (κ1) is 16.4. The largest absolute Gasteiger partial charge is 0.462 e. The lowest BCUT2D eigenvalue weighted by Gasteiger charge is -2.07. The quantitative estimate of drug-likeness (QED) is 0.659. The van der Waals surface area contributed by atoms with Gasteiger partial charge in [-0.3, -0.25) is 0 Å². The van der Waals surface area contributed by atoms with Crippen LogP contribution in [0.15, 0.2) is 47.1 Å². The van der Waals surface area contributed by atoms with Gasteiger partial charge in [0.2, 0.25) is 5.95 Å². The van der Waals surface area contributed by atoms with Gasteiger partial charge in [-0.1, -0.05) is 5.16 Å². The number of aromatic nitrogens is 3. The summed E-state index contributed by atoms with van der Waals surface area (Å²) < 4.78 is 9.96. The van der Waals surface area contributed by atoms with Crippen LogP contribution in [0.25, 0.3) is 0 Å². The van der Waals surface area contributed by atoms with Gasteiger partial charge in [-0.25, -0.2) is 9.78 Å². The number of ether oxygens (including phenoxy) is 1. The van der Waals surface area contributed by atoms with Crippen molar-refractivity contribution >= 4 is 29.2 Å². The summed E-state index contributed by atoms with van der Waals surface area (Å²) in [6.45, 7) is 3.93. The van der Waals surface area contributed by atoms with Crippen molar-refractivity contribution in [3.8, 4) is 0 Å². The van der Waals surface area contributed by atoms with Gasteiger partial charge in [-0.05, 0) is 44.2 Å². The highest BCUT2D eigenvalue weighted by Crippen LogP contribution is 2.18. The van der Waals surface area contributed by atoms with Crippen LogP contribution in [0.1, 0.15) is 23.0 Å². The summed E-state index contributed by atoms with van der Waals surface area (Å²) in [7, 11) is 0. The smallest absolute Gasteiger partial charge is 0.338 e. The van der Waals surface area contributed by atoms with Gasteiger partial charge in [0.05, 0.1) is 12.2 Å². The molecule has 0 saturated carbocycles. The fourth-order valence-electron chi connectivity index (χ4n) is 2.08. The van der Waals surface area contributed by atoms with Crippen LogP contribution in [0.4, 0.5) is 23.3 Å². The molecule has 1 aromatic carbocycles. The van der Waals surface area contributed by atoms with Crippen molar-refractivity contribution in [3.05, 3.63) is 53.9 Å².